The Balaban J connectivity index is 4.85. The molecule has 0 aromatic rings. The molecule has 13 heavy (non-hydrogen) atoms. The van der Waals surface area contributed by atoms with Gasteiger partial charge in [-0.25, -0.2) is 0 Å². The van der Waals surface area contributed by atoms with Gasteiger partial charge in [0.1, 0.15) is 0 Å². The number of hydrogen-bond donors (Lipinski definition) is 1. The van der Waals surface area contributed by atoms with Crippen LogP contribution in [0.25, 0.3) is 0 Å². The standard InChI is InChI=1S/C4HF6NO2/c5-3(6,2(13)11-10)1(12)4(7,8)9/h(H,11,13). The molecule has 0 spiro atoms. The summed E-state index contributed by atoms with van der Waals surface area (Å²) in [6, 6.07) is 0. The van der Waals surface area contributed by atoms with Crippen molar-refractivity contribution in [2.75, 3.05) is 0 Å². The highest BCUT2D eigenvalue weighted by molar-refractivity contribution is 6.09. The Labute approximate surface area is 66.6 Å². The Bertz CT molecular complexity index is 233. The van der Waals surface area contributed by atoms with Crippen molar-refractivity contribution in [1.82, 2.24) is 5.54 Å². The largest absolute Gasteiger partial charge is 0.457 e. The van der Waals surface area contributed by atoms with E-state index in [9.17, 15) is 36.0 Å². The fraction of sp³-hybridized carbons (Fsp3) is 0.500. The average Bonchev–Trinajstić information content (AvgIpc) is 1.99. The molecule has 0 fully saturated rings. The van der Waals surface area contributed by atoms with Crippen molar-refractivity contribution < 1.29 is 36.0 Å². The van der Waals surface area contributed by atoms with Crippen molar-refractivity contribution in [3.05, 3.63) is 0 Å². The summed E-state index contributed by atoms with van der Waals surface area (Å²) >= 11 is 0. The molecule has 1 N–H and O–H groups in total. The van der Waals surface area contributed by atoms with E-state index in [1.165, 1.54) is 0 Å². The summed E-state index contributed by atoms with van der Waals surface area (Å²) in [7, 11) is 0. The highest BCUT2D eigenvalue weighted by atomic mass is 19.4. The Kier molecular flexibility index (Phi) is 2.91. The first-order valence-electron chi connectivity index (χ1n) is 2.54. The third kappa shape index (κ3) is 2.33. The first-order chi connectivity index (χ1) is 5.64. The summed E-state index contributed by atoms with van der Waals surface area (Å²) in [5.41, 5.74) is -0.252. The van der Waals surface area contributed by atoms with Crippen LogP contribution in [0.15, 0.2) is 0 Å². The van der Waals surface area contributed by atoms with E-state index in [2.05, 4.69) is 0 Å². The third-order valence-corrected chi connectivity index (χ3v) is 0.914. The van der Waals surface area contributed by atoms with Gasteiger partial charge < -0.3 is 0 Å². The minimum absolute atomic E-state index is 0.252. The molecule has 1 amide bonds. The molecule has 0 aliphatic carbocycles. The van der Waals surface area contributed by atoms with Gasteiger partial charge in [0.2, 0.25) is 0 Å². The Morgan fingerprint density at radius 2 is 1.38 bits per heavy atom. The van der Waals surface area contributed by atoms with Crippen molar-refractivity contribution in [3.8, 4) is 0 Å². The van der Waals surface area contributed by atoms with Crippen molar-refractivity contribution in [1.29, 1.82) is 0 Å². The van der Waals surface area contributed by atoms with Gasteiger partial charge in [-0.2, -0.15) is 27.5 Å². The maximum Gasteiger partial charge on any atom is 0.457 e. The Morgan fingerprint density at radius 1 is 1.00 bits per heavy atom. The maximum atomic E-state index is 12.0. The molecule has 0 aromatic heterocycles. The van der Waals surface area contributed by atoms with Crippen LogP contribution in [0.2, 0.25) is 0 Å². The summed E-state index contributed by atoms with van der Waals surface area (Å²) in [6.07, 6.45) is -5.89. The van der Waals surface area contributed by atoms with Gasteiger partial charge in [-0.3, -0.25) is 9.59 Å². The molecule has 9 heteroatoms. The molecular weight excluding hydrogens is 208 g/mol. The topological polar surface area (TPSA) is 46.2 Å². The number of halogens is 6. The van der Waals surface area contributed by atoms with Gasteiger partial charge in [0, 0.05) is 0 Å². The molecular formula is C4HF6NO2. The lowest BCUT2D eigenvalue weighted by atomic mass is 10.2. The number of rotatable bonds is 2. The first kappa shape index (κ1) is 11.7. The number of carbonyl (C=O) groups is 2. The smallest absolute Gasteiger partial charge is 0.282 e. The van der Waals surface area contributed by atoms with Crippen LogP contribution in [0, 0.1) is 0 Å². The Morgan fingerprint density at radius 3 is 1.62 bits per heavy atom. The summed E-state index contributed by atoms with van der Waals surface area (Å²) in [5, 5.41) is 0. The summed E-state index contributed by atoms with van der Waals surface area (Å²) < 4.78 is 68.9. The number of hydrogen-bond acceptors (Lipinski definition) is 2. The first-order valence-corrected chi connectivity index (χ1v) is 2.54. The van der Waals surface area contributed by atoms with Crippen LogP contribution in [0.1, 0.15) is 0 Å². The van der Waals surface area contributed by atoms with Crippen molar-refractivity contribution in [3.63, 3.8) is 0 Å². The average molecular weight is 209 g/mol. The van der Waals surface area contributed by atoms with E-state index >= 15 is 0 Å². The van der Waals surface area contributed by atoms with E-state index < -0.39 is 23.8 Å². The Hall–Kier alpha value is -1.28. The third-order valence-electron chi connectivity index (χ3n) is 0.914. The number of alkyl halides is 5. The quantitative estimate of drug-likeness (QED) is 0.414. The van der Waals surface area contributed by atoms with Crippen LogP contribution in [-0.4, -0.2) is 23.8 Å². The van der Waals surface area contributed by atoms with Gasteiger partial charge >= 0.3 is 23.8 Å². The highest BCUT2D eigenvalue weighted by Crippen LogP contribution is 2.27. The van der Waals surface area contributed by atoms with Crippen LogP contribution in [0.3, 0.4) is 0 Å². The lowest BCUT2D eigenvalue weighted by molar-refractivity contribution is -0.198. The normalized spacial score (nSPS) is 12.5. The fourth-order valence-electron chi connectivity index (χ4n) is 0.340. The minimum atomic E-state index is -5.89. The molecule has 3 nitrogen and oxygen atoms in total. The van der Waals surface area contributed by atoms with E-state index in [1.807, 2.05) is 0 Å². The molecule has 0 heterocycles. The molecule has 0 rings (SSSR count). The lowest BCUT2D eigenvalue weighted by Crippen LogP contribution is -2.49. The molecule has 0 bridgehead atoms. The molecule has 0 aromatic carbocycles. The van der Waals surface area contributed by atoms with Gasteiger partial charge in [-0.05, 0) is 0 Å². The van der Waals surface area contributed by atoms with Crippen LogP contribution < -0.4 is 5.54 Å². The van der Waals surface area contributed by atoms with E-state index in [0.29, 0.717) is 0 Å². The molecule has 0 unspecified atom stereocenters. The van der Waals surface area contributed by atoms with Crippen LogP contribution in [0.4, 0.5) is 26.4 Å². The second-order valence-electron chi connectivity index (χ2n) is 1.82. The predicted octanol–water partition coefficient (Wildman–Crippen LogP) is 0.754. The zero-order chi connectivity index (χ0) is 10.9. The van der Waals surface area contributed by atoms with Gasteiger partial charge in [-0.1, -0.05) is 0 Å². The van der Waals surface area contributed by atoms with E-state index in [0.717, 1.165) is 0 Å². The number of carbonyl (C=O) groups excluding carboxylic acids is 2. The van der Waals surface area contributed by atoms with Gasteiger partial charge in [0.25, 0.3) is 0 Å². The van der Waals surface area contributed by atoms with Gasteiger partial charge in [-0.15, -0.1) is 4.48 Å². The summed E-state index contributed by atoms with van der Waals surface area (Å²) in [5.74, 6) is -12.0. The molecule has 0 saturated heterocycles. The zero-order valence-corrected chi connectivity index (χ0v) is 5.58. The minimum Gasteiger partial charge on any atom is -0.282 e. The van der Waals surface area contributed by atoms with E-state index in [4.69, 9.17) is 0 Å². The number of ketones is 1. The van der Waals surface area contributed by atoms with Crippen molar-refractivity contribution >= 4 is 11.7 Å². The lowest BCUT2D eigenvalue weighted by Gasteiger charge is -2.12. The van der Waals surface area contributed by atoms with Crippen molar-refractivity contribution in [2.45, 2.75) is 12.1 Å². The van der Waals surface area contributed by atoms with Crippen LogP contribution >= 0.6 is 0 Å². The van der Waals surface area contributed by atoms with E-state index in [1.54, 1.807) is 0 Å². The predicted molar refractivity (Wildman–Crippen MR) is 25.3 cm³/mol. The van der Waals surface area contributed by atoms with Gasteiger partial charge in [0.05, 0.1) is 0 Å². The SMILES string of the molecule is O=C(NF)C(F)(F)C(=O)C(F)(F)F. The molecule has 0 aliphatic heterocycles. The van der Waals surface area contributed by atoms with Crippen molar-refractivity contribution in [2.24, 2.45) is 0 Å². The second kappa shape index (κ2) is 3.23. The van der Waals surface area contributed by atoms with Gasteiger partial charge in [0.15, 0.2) is 0 Å². The van der Waals surface area contributed by atoms with E-state index in [-0.39, 0.29) is 5.54 Å². The maximum absolute atomic E-state index is 12.0. The van der Waals surface area contributed by atoms with Crippen LogP contribution in [-0.2, 0) is 9.59 Å². The number of nitrogens with one attached hydrogen (secondary N) is 1. The summed E-state index contributed by atoms with van der Waals surface area (Å²) in [6.45, 7) is 0. The molecule has 0 atom stereocenters. The molecule has 0 radical (unpaired) electrons. The zero-order valence-electron chi connectivity index (χ0n) is 5.58. The molecule has 0 aliphatic rings. The monoisotopic (exact) mass is 209 g/mol. The fourth-order valence-corrected chi connectivity index (χ4v) is 0.340. The molecule has 76 valence electrons. The number of Topliss-reactive ketones (excluding diaryl/α,β-unsaturated/α-hetero) is 1. The second-order valence-corrected chi connectivity index (χ2v) is 1.82. The number of amides is 1. The van der Waals surface area contributed by atoms with Crippen LogP contribution in [0.5, 0.6) is 0 Å². The summed E-state index contributed by atoms with van der Waals surface area (Å²) in [4.78, 5) is 19.5. The highest BCUT2D eigenvalue weighted by Gasteiger charge is 2.59. The molecule has 0 saturated carbocycles.